The number of piperidine rings is 1. The summed E-state index contributed by atoms with van der Waals surface area (Å²) in [6.45, 7) is 2.47. The van der Waals surface area contributed by atoms with E-state index in [-0.39, 0.29) is 5.54 Å². The standard InChI is InChI=1S/C9H15NO2/c11-8-1-4-10-9(7-8)2-5-12-6-3-9/h10H,1-7H2. The van der Waals surface area contributed by atoms with E-state index in [0.717, 1.165) is 39.0 Å². The first kappa shape index (κ1) is 8.20. The van der Waals surface area contributed by atoms with Crippen LogP contribution < -0.4 is 5.32 Å². The highest BCUT2D eigenvalue weighted by atomic mass is 16.5. The van der Waals surface area contributed by atoms with Gasteiger partial charge in [-0.3, -0.25) is 4.79 Å². The molecule has 0 unspecified atom stereocenters. The molecule has 2 saturated heterocycles. The van der Waals surface area contributed by atoms with Gasteiger partial charge in [0.2, 0.25) is 0 Å². The van der Waals surface area contributed by atoms with E-state index < -0.39 is 0 Å². The molecule has 0 amide bonds. The predicted octanol–water partition coefficient (Wildman–Crippen LogP) is 0.488. The van der Waals surface area contributed by atoms with Crippen LogP contribution in [0.4, 0.5) is 0 Å². The van der Waals surface area contributed by atoms with Crippen molar-refractivity contribution in [3.63, 3.8) is 0 Å². The highest BCUT2D eigenvalue weighted by Gasteiger charge is 2.36. The summed E-state index contributed by atoms with van der Waals surface area (Å²) in [5.41, 5.74) is 0.105. The average Bonchev–Trinajstić information content (AvgIpc) is 2.05. The molecular weight excluding hydrogens is 154 g/mol. The molecule has 0 aliphatic carbocycles. The van der Waals surface area contributed by atoms with Crippen LogP contribution >= 0.6 is 0 Å². The molecule has 1 spiro atoms. The lowest BCUT2D eigenvalue weighted by Crippen LogP contribution is -2.54. The predicted molar refractivity (Wildman–Crippen MR) is 45.0 cm³/mol. The first-order chi connectivity index (χ1) is 5.81. The summed E-state index contributed by atoms with van der Waals surface area (Å²) in [4.78, 5) is 11.3. The Morgan fingerprint density at radius 3 is 2.75 bits per heavy atom. The Morgan fingerprint density at radius 1 is 1.33 bits per heavy atom. The van der Waals surface area contributed by atoms with Crippen LogP contribution in [0, 0.1) is 0 Å². The summed E-state index contributed by atoms with van der Waals surface area (Å²) in [7, 11) is 0. The molecule has 2 heterocycles. The molecule has 3 nitrogen and oxygen atoms in total. The second kappa shape index (κ2) is 3.15. The molecule has 0 bridgehead atoms. The minimum Gasteiger partial charge on any atom is -0.381 e. The Hall–Kier alpha value is -0.410. The Labute approximate surface area is 72.5 Å². The van der Waals surface area contributed by atoms with Gasteiger partial charge in [-0.15, -0.1) is 0 Å². The maximum Gasteiger partial charge on any atom is 0.136 e. The van der Waals surface area contributed by atoms with E-state index >= 15 is 0 Å². The zero-order valence-electron chi connectivity index (χ0n) is 7.27. The van der Waals surface area contributed by atoms with Gasteiger partial charge in [0.15, 0.2) is 0 Å². The van der Waals surface area contributed by atoms with Crippen LogP contribution in [0.3, 0.4) is 0 Å². The fourth-order valence-electron chi connectivity index (χ4n) is 2.11. The molecule has 0 aromatic carbocycles. The van der Waals surface area contributed by atoms with Crippen molar-refractivity contribution >= 4 is 5.78 Å². The van der Waals surface area contributed by atoms with Gasteiger partial charge in [-0.1, -0.05) is 0 Å². The topological polar surface area (TPSA) is 38.3 Å². The zero-order chi connectivity index (χ0) is 8.44. The SMILES string of the molecule is O=C1CCNC2(CCOCC2)C1. The van der Waals surface area contributed by atoms with Gasteiger partial charge in [0, 0.05) is 38.1 Å². The minimum absolute atomic E-state index is 0.105. The van der Waals surface area contributed by atoms with Crippen LogP contribution in [0.15, 0.2) is 0 Å². The third-order valence-corrected chi connectivity index (χ3v) is 2.89. The monoisotopic (exact) mass is 169 g/mol. The quantitative estimate of drug-likeness (QED) is 0.573. The summed E-state index contributed by atoms with van der Waals surface area (Å²) in [5.74, 6) is 0.413. The van der Waals surface area contributed by atoms with Crippen molar-refractivity contribution in [3.8, 4) is 0 Å². The lowest BCUT2D eigenvalue weighted by Gasteiger charge is -2.40. The van der Waals surface area contributed by atoms with Crippen LogP contribution in [0.1, 0.15) is 25.7 Å². The number of Topliss-reactive ketones (excluding diaryl/α,β-unsaturated/α-hetero) is 1. The summed E-state index contributed by atoms with van der Waals surface area (Å²) >= 11 is 0. The molecule has 2 aliphatic heterocycles. The molecule has 0 aromatic heterocycles. The van der Waals surface area contributed by atoms with Crippen LogP contribution in [0.2, 0.25) is 0 Å². The van der Waals surface area contributed by atoms with E-state index in [0.29, 0.717) is 12.2 Å². The van der Waals surface area contributed by atoms with Gasteiger partial charge in [-0.25, -0.2) is 0 Å². The summed E-state index contributed by atoms with van der Waals surface area (Å²) in [5, 5.41) is 3.46. The van der Waals surface area contributed by atoms with Gasteiger partial charge in [-0.2, -0.15) is 0 Å². The molecule has 12 heavy (non-hydrogen) atoms. The van der Waals surface area contributed by atoms with E-state index in [1.165, 1.54) is 0 Å². The first-order valence-corrected chi connectivity index (χ1v) is 4.65. The van der Waals surface area contributed by atoms with Crippen LogP contribution in [0.5, 0.6) is 0 Å². The number of ketones is 1. The number of hydrogen-bond donors (Lipinski definition) is 1. The number of carbonyl (C=O) groups excluding carboxylic acids is 1. The number of ether oxygens (including phenoxy) is 1. The number of rotatable bonds is 0. The number of hydrogen-bond acceptors (Lipinski definition) is 3. The summed E-state index contributed by atoms with van der Waals surface area (Å²) < 4.78 is 5.28. The van der Waals surface area contributed by atoms with E-state index in [1.807, 2.05) is 0 Å². The molecule has 3 heteroatoms. The third-order valence-electron chi connectivity index (χ3n) is 2.89. The van der Waals surface area contributed by atoms with Gasteiger partial charge in [0.05, 0.1) is 0 Å². The normalized spacial score (nSPS) is 29.2. The second-order valence-electron chi connectivity index (χ2n) is 3.78. The molecule has 0 radical (unpaired) electrons. The zero-order valence-corrected chi connectivity index (χ0v) is 7.27. The van der Waals surface area contributed by atoms with Crippen LogP contribution in [-0.2, 0) is 9.53 Å². The number of carbonyl (C=O) groups is 1. The lowest BCUT2D eigenvalue weighted by molar-refractivity contribution is -0.123. The highest BCUT2D eigenvalue weighted by molar-refractivity contribution is 5.80. The second-order valence-corrected chi connectivity index (χ2v) is 3.78. The van der Waals surface area contributed by atoms with Crippen LogP contribution in [-0.4, -0.2) is 31.1 Å². The Kier molecular flexibility index (Phi) is 2.15. The van der Waals surface area contributed by atoms with Crippen molar-refractivity contribution in [2.75, 3.05) is 19.8 Å². The molecule has 0 saturated carbocycles. The molecule has 1 N–H and O–H groups in total. The molecule has 68 valence electrons. The average molecular weight is 169 g/mol. The van der Waals surface area contributed by atoms with Crippen molar-refractivity contribution in [2.24, 2.45) is 0 Å². The fourth-order valence-corrected chi connectivity index (χ4v) is 2.11. The van der Waals surface area contributed by atoms with Gasteiger partial charge >= 0.3 is 0 Å². The van der Waals surface area contributed by atoms with Crippen molar-refractivity contribution in [1.29, 1.82) is 0 Å². The summed E-state index contributed by atoms with van der Waals surface area (Å²) in [6.07, 6.45) is 3.43. The van der Waals surface area contributed by atoms with E-state index in [1.54, 1.807) is 0 Å². The Morgan fingerprint density at radius 2 is 2.08 bits per heavy atom. The molecule has 0 atom stereocenters. The van der Waals surface area contributed by atoms with Crippen molar-refractivity contribution in [2.45, 2.75) is 31.2 Å². The molecule has 0 aromatic rings. The van der Waals surface area contributed by atoms with Gasteiger partial charge in [0.1, 0.15) is 5.78 Å². The van der Waals surface area contributed by atoms with Crippen molar-refractivity contribution < 1.29 is 9.53 Å². The van der Waals surface area contributed by atoms with Gasteiger partial charge in [-0.05, 0) is 12.8 Å². The van der Waals surface area contributed by atoms with Crippen LogP contribution in [0.25, 0.3) is 0 Å². The van der Waals surface area contributed by atoms with Crippen molar-refractivity contribution in [1.82, 2.24) is 5.32 Å². The van der Waals surface area contributed by atoms with Gasteiger partial charge in [0.25, 0.3) is 0 Å². The lowest BCUT2D eigenvalue weighted by atomic mass is 9.82. The molecule has 2 rings (SSSR count). The maximum atomic E-state index is 11.3. The Bertz CT molecular complexity index is 179. The fraction of sp³-hybridized carbons (Fsp3) is 0.889. The number of nitrogens with one attached hydrogen (secondary N) is 1. The van der Waals surface area contributed by atoms with Crippen molar-refractivity contribution in [3.05, 3.63) is 0 Å². The smallest absolute Gasteiger partial charge is 0.136 e. The molecule has 2 aliphatic rings. The maximum absolute atomic E-state index is 11.3. The molecular formula is C9H15NO2. The first-order valence-electron chi connectivity index (χ1n) is 4.65. The van der Waals surface area contributed by atoms with E-state index in [4.69, 9.17) is 4.74 Å². The van der Waals surface area contributed by atoms with Gasteiger partial charge < -0.3 is 10.1 Å². The minimum atomic E-state index is 0.105. The third kappa shape index (κ3) is 1.52. The summed E-state index contributed by atoms with van der Waals surface area (Å²) in [6, 6.07) is 0. The van der Waals surface area contributed by atoms with E-state index in [9.17, 15) is 4.79 Å². The molecule has 2 fully saturated rings. The largest absolute Gasteiger partial charge is 0.381 e. The van der Waals surface area contributed by atoms with E-state index in [2.05, 4.69) is 5.32 Å². The Balaban J connectivity index is 2.02. The highest BCUT2D eigenvalue weighted by Crippen LogP contribution is 2.27.